The third kappa shape index (κ3) is 3.73. The predicted molar refractivity (Wildman–Crippen MR) is 114 cm³/mol. The van der Waals surface area contributed by atoms with Gasteiger partial charge in [-0.05, 0) is 68.4 Å². The molecule has 1 aliphatic carbocycles. The van der Waals surface area contributed by atoms with E-state index in [1.54, 1.807) is 0 Å². The van der Waals surface area contributed by atoms with Gasteiger partial charge in [-0.1, -0.05) is 32.0 Å². The van der Waals surface area contributed by atoms with Crippen LogP contribution < -0.4 is 4.90 Å². The van der Waals surface area contributed by atoms with E-state index in [4.69, 9.17) is 0 Å². The second kappa shape index (κ2) is 8.54. The van der Waals surface area contributed by atoms with Crippen molar-refractivity contribution in [2.24, 2.45) is 11.8 Å². The van der Waals surface area contributed by atoms with Crippen molar-refractivity contribution in [2.75, 3.05) is 24.6 Å². The van der Waals surface area contributed by atoms with Gasteiger partial charge >= 0.3 is 0 Å². The maximum atomic E-state index is 13.1. The standard InChI is InChI=1S/C24H36N2O2/c1-17(2)18-7-9-19(10-8-18)25-14-11-20(12-15-25)26-23-6-4-3-5-21(23)22(13-16-27)24(26)28/h3-6,17-20,22,27H,7-16H2,1-2H3. The van der Waals surface area contributed by atoms with E-state index >= 15 is 0 Å². The van der Waals surface area contributed by atoms with Crippen LogP contribution in [-0.2, 0) is 4.79 Å². The summed E-state index contributed by atoms with van der Waals surface area (Å²) >= 11 is 0. The zero-order valence-corrected chi connectivity index (χ0v) is 17.5. The number of carbonyl (C=O) groups is 1. The van der Waals surface area contributed by atoms with Crippen LogP contribution in [-0.4, -0.2) is 47.7 Å². The topological polar surface area (TPSA) is 43.8 Å². The van der Waals surface area contributed by atoms with Crippen LogP contribution in [0.4, 0.5) is 5.69 Å². The Morgan fingerprint density at radius 2 is 1.68 bits per heavy atom. The molecule has 1 saturated heterocycles. The van der Waals surface area contributed by atoms with Crippen LogP contribution in [0.2, 0.25) is 0 Å². The number of nitrogens with zero attached hydrogens (tertiary/aromatic N) is 2. The molecule has 1 amide bonds. The summed E-state index contributed by atoms with van der Waals surface area (Å²) in [6, 6.07) is 9.25. The van der Waals surface area contributed by atoms with Gasteiger partial charge in [0.05, 0.1) is 5.92 Å². The van der Waals surface area contributed by atoms with Crippen molar-refractivity contribution < 1.29 is 9.90 Å². The summed E-state index contributed by atoms with van der Waals surface area (Å²) in [6.07, 6.45) is 8.11. The number of rotatable bonds is 5. The number of likely N-dealkylation sites (tertiary alicyclic amines) is 1. The highest BCUT2D eigenvalue weighted by Crippen LogP contribution is 2.42. The Hall–Kier alpha value is -1.39. The van der Waals surface area contributed by atoms with Crippen molar-refractivity contribution in [1.82, 2.24) is 4.90 Å². The molecule has 4 heteroatoms. The zero-order valence-electron chi connectivity index (χ0n) is 17.5. The largest absolute Gasteiger partial charge is 0.396 e. The van der Waals surface area contributed by atoms with Gasteiger partial charge in [-0.25, -0.2) is 0 Å². The normalized spacial score (nSPS) is 29.5. The molecule has 154 valence electrons. The lowest BCUT2D eigenvalue weighted by molar-refractivity contribution is -0.120. The van der Waals surface area contributed by atoms with E-state index in [1.807, 2.05) is 12.1 Å². The highest BCUT2D eigenvalue weighted by molar-refractivity contribution is 6.05. The molecular weight excluding hydrogens is 348 g/mol. The van der Waals surface area contributed by atoms with E-state index in [0.29, 0.717) is 12.5 Å². The zero-order chi connectivity index (χ0) is 19.7. The molecule has 3 aliphatic rings. The molecule has 0 bridgehead atoms. The quantitative estimate of drug-likeness (QED) is 0.828. The number of amides is 1. The van der Waals surface area contributed by atoms with Gasteiger partial charge in [0.25, 0.3) is 0 Å². The SMILES string of the molecule is CC(C)C1CCC(N2CCC(N3C(=O)C(CCO)c4ccccc43)CC2)CC1. The average Bonchev–Trinajstić information content (AvgIpc) is 3.00. The third-order valence-electron chi connectivity index (χ3n) is 7.59. The van der Waals surface area contributed by atoms with E-state index in [2.05, 4.69) is 35.8 Å². The molecule has 1 N–H and O–H groups in total. The minimum atomic E-state index is -0.162. The minimum absolute atomic E-state index is 0.0656. The van der Waals surface area contributed by atoms with E-state index in [0.717, 1.165) is 55.1 Å². The number of anilines is 1. The molecule has 2 fully saturated rings. The first kappa shape index (κ1) is 19.9. The van der Waals surface area contributed by atoms with E-state index in [1.165, 1.54) is 25.7 Å². The Balaban J connectivity index is 1.38. The number of carbonyl (C=O) groups excluding carboxylic acids is 1. The molecular formula is C24H36N2O2. The van der Waals surface area contributed by atoms with Gasteiger partial charge in [0.15, 0.2) is 0 Å². The molecule has 4 nitrogen and oxygen atoms in total. The van der Waals surface area contributed by atoms with Gasteiger partial charge in [0.2, 0.25) is 5.91 Å². The molecule has 1 aromatic rings. The van der Waals surface area contributed by atoms with Crippen LogP contribution in [0.1, 0.15) is 70.3 Å². The van der Waals surface area contributed by atoms with Crippen molar-refractivity contribution in [3.05, 3.63) is 29.8 Å². The summed E-state index contributed by atoms with van der Waals surface area (Å²) in [5, 5.41) is 9.42. The summed E-state index contributed by atoms with van der Waals surface area (Å²) in [6.45, 7) is 7.02. The van der Waals surface area contributed by atoms with Crippen LogP contribution in [0, 0.1) is 11.8 Å². The first-order valence-electron chi connectivity index (χ1n) is 11.4. The molecule has 2 heterocycles. The first-order chi connectivity index (χ1) is 13.6. The van der Waals surface area contributed by atoms with Gasteiger partial charge in [-0.2, -0.15) is 0 Å². The Morgan fingerprint density at radius 3 is 2.32 bits per heavy atom. The van der Waals surface area contributed by atoms with E-state index < -0.39 is 0 Å². The lowest BCUT2D eigenvalue weighted by Gasteiger charge is -2.43. The number of piperidine rings is 1. The fraction of sp³-hybridized carbons (Fsp3) is 0.708. The molecule has 1 unspecified atom stereocenters. The molecule has 1 aromatic carbocycles. The monoisotopic (exact) mass is 384 g/mol. The maximum Gasteiger partial charge on any atom is 0.234 e. The fourth-order valence-electron chi connectivity index (χ4n) is 5.85. The Morgan fingerprint density at radius 1 is 1.00 bits per heavy atom. The van der Waals surface area contributed by atoms with Crippen molar-refractivity contribution in [2.45, 2.75) is 76.8 Å². The Labute approximate surface area is 169 Å². The second-order valence-corrected chi connectivity index (χ2v) is 9.41. The lowest BCUT2D eigenvalue weighted by Crippen LogP contribution is -2.50. The smallest absolute Gasteiger partial charge is 0.234 e. The van der Waals surface area contributed by atoms with Crippen molar-refractivity contribution in [3.63, 3.8) is 0 Å². The van der Waals surface area contributed by atoms with Gasteiger partial charge < -0.3 is 14.9 Å². The maximum absolute atomic E-state index is 13.1. The van der Waals surface area contributed by atoms with Crippen LogP contribution in [0.15, 0.2) is 24.3 Å². The predicted octanol–water partition coefficient (Wildman–Crippen LogP) is 4.18. The average molecular weight is 385 g/mol. The Bertz CT molecular complexity index is 673. The molecule has 0 radical (unpaired) electrons. The Kier molecular flexibility index (Phi) is 6.07. The molecule has 28 heavy (non-hydrogen) atoms. The molecule has 0 spiro atoms. The fourth-order valence-corrected chi connectivity index (χ4v) is 5.85. The second-order valence-electron chi connectivity index (χ2n) is 9.41. The van der Waals surface area contributed by atoms with Crippen molar-refractivity contribution >= 4 is 11.6 Å². The van der Waals surface area contributed by atoms with E-state index in [9.17, 15) is 9.90 Å². The number of hydrogen-bond acceptors (Lipinski definition) is 3. The van der Waals surface area contributed by atoms with Crippen LogP contribution in [0.25, 0.3) is 0 Å². The van der Waals surface area contributed by atoms with Gasteiger partial charge in [-0.15, -0.1) is 0 Å². The molecule has 2 aliphatic heterocycles. The summed E-state index contributed by atoms with van der Waals surface area (Å²) in [7, 11) is 0. The summed E-state index contributed by atoms with van der Waals surface area (Å²) < 4.78 is 0. The molecule has 4 rings (SSSR count). The minimum Gasteiger partial charge on any atom is -0.396 e. The lowest BCUT2D eigenvalue weighted by atomic mass is 9.79. The van der Waals surface area contributed by atoms with Crippen molar-refractivity contribution in [3.8, 4) is 0 Å². The number of aliphatic hydroxyl groups is 1. The van der Waals surface area contributed by atoms with Crippen LogP contribution in [0.3, 0.4) is 0 Å². The van der Waals surface area contributed by atoms with Crippen LogP contribution in [0.5, 0.6) is 0 Å². The summed E-state index contributed by atoms with van der Waals surface area (Å²) in [5.74, 6) is 1.77. The van der Waals surface area contributed by atoms with Crippen LogP contribution >= 0.6 is 0 Å². The van der Waals surface area contributed by atoms with Gasteiger partial charge in [0.1, 0.15) is 0 Å². The van der Waals surface area contributed by atoms with Gasteiger partial charge in [-0.3, -0.25) is 4.79 Å². The summed E-state index contributed by atoms with van der Waals surface area (Å²) in [4.78, 5) is 17.9. The molecule has 1 atom stereocenters. The number of fused-ring (bicyclic) bond motifs is 1. The first-order valence-corrected chi connectivity index (χ1v) is 11.4. The number of hydrogen-bond donors (Lipinski definition) is 1. The highest BCUT2D eigenvalue weighted by Gasteiger charge is 2.41. The highest BCUT2D eigenvalue weighted by atomic mass is 16.3. The van der Waals surface area contributed by atoms with Gasteiger partial charge in [0, 0.05) is 37.5 Å². The number of benzene rings is 1. The molecule has 1 saturated carbocycles. The number of para-hydroxylation sites is 1. The van der Waals surface area contributed by atoms with Crippen molar-refractivity contribution in [1.29, 1.82) is 0 Å². The van der Waals surface area contributed by atoms with E-state index in [-0.39, 0.29) is 18.4 Å². The third-order valence-corrected chi connectivity index (χ3v) is 7.59. The number of aliphatic hydroxyl groups excluding tert-OH is 1. The molecule has 0 aromatic heterocycles. The summed E-state index contributed by atoms with van der Waals surface area (Å²) in [5.41, 5.74) is 2.19.